The number of carbonyl (C=O) groups is 4. The van der Waals surface area contributed by atoms with Gasteiger partial charge in [-0.3, -0.25) is 19.2 Å². The number of Topliss-reactive ketones (excluding diaryl/α,β-unsaturated/α-hetero) is 2. The summed E-state index contributed by atoms with van der Waals surface area (Å²) in [5.74, 6) is 0.786. The van der Waals surface area contributed by atoms with Crippen LogP contribution in [0.1, 0.15) is 66.2 Å². The molecule has 4 bridgehead atoms. The van der Waals surface area contributed by atoms with Crippen molar-refractivity contribution < 1.29 is 19.2 Å². The minimum atomic E-state index is -0.870. The molecule has 4 aliphatic carbocycles. The summed E-state index contributed by atoms with van der Waals surface area (Å²) in [4.78, 5) is 56.5. The summed E-state index contributed by atoms with van der Waals surface area (Å²) in [7, 11) is 0. The minimum absolute atomic E-state index is 0.0269. The standard InChI is InChI=1S/C24H34N2O4/c1-21(2)15-5-7-23(21,17(27)13-15)19(29)25-9-11-26(12-10-25)20(30)24-8-6-16(14-18(24)28)22(24,3)4/h15-16H,5-14H2,1-4H3/t15-,16-,23+,24+/m1/s1. The molecule has 5 fully saturated rings. The van der Waals surface area contributed by atoms with Crippen LogP contribution >= 0.6 is 0 Å². The molecule has 0 aromatic heterocycles. The summed E-state index contributed by atoms with van der Waals surface area (Å²) in [5.41, 5.74) is -2.31. The van der Waals surface area contributed by atoms with Gasteiger partial charge in [0.05, 0.1) is 0 Å². The number of fused-ring (bicyclic) bond motifs is 4. The van der Waals surface area contributed by atoms with E-state index in [4.69, 9.17) is 0 Å². The average Bonchev–Trinajstić information content (AvgIpc) is 3.26. The minimum Gasteiger partial charge on any atom is -0.338 e. The highest BCUT2D eigenvalue weighted by Gasteiger charge is 2.70. The van der Waals surface area contributed by atoms with Crippen molar-refractivity contribution in [3.8, 4) is 0 Å². The molecule has 1 aliphatic heterocycles. The van der Waals surface area contributed by atoms with Crippen molar-refractivity contribution in [2.24, 2.45) is 33.5 Å². The van der Waals surface area contributed by atoms with Crippen LogP contribution in [0.3, 0.4) is 0 Å². The van der Waals surface area contributed by atoms with E-state index < -0.39 is 10.8 Å². The SMILES string of the molecule is CC1(C)[C@@H]2CC[C@@]1(C(=O)N1CCN(C(=O)[C@]34CC[C@H](CC3=O)C4(C)C)CC1)C(=O)C2. The number of nitrogens with zero attached hydrogens (tertiary/aromatic N) is 2. The molecule has 30 heavy (non-hydrogen) atoms. The fraction of sp³-hybridized carbons (Fsp3) is 0.833. The van der Waals surface area contributed by atoms with Gasteiger partial charge < -0.3 is 9.80 Å². The second-order valence-corrected chi connectivity index (χ2v) is 11.6. The zero-order chi connectivity index (χ0) is 21.7. The first kappa shape index (κ1) is 20.2. The summed E-state index contributed by atoms with van der Waals surface area (Å²) >= 11 is 0. The smallest absolute Gasteiger partial charge is 0.236 e. The van der Waals surface area contributed by atoms with E-state index in [1.807, 2.05) is 9.80 Å². The van der Waals surface area contributed by atoms with Gasteiger partial charge in [-0.25, -0.2) is 0 Å². The van der Waals surface area contributed by atoms with Crippen LogP contribution in [0, 0.1) is 33.5 Å². The fourth-order valence-electron chi connectivity index (χ4n) is 8.01. The van der Waals surface area contributed by atoms with Gasteiger partial charge >= 0.3 is 0 Å². The first-order valence-electron chi connectivity index (χ1n) is 11.7. The van der Waals surface area contributed by atoms with Crippen LogP contribution in [-0.4, -0.2) is 59.4 Å². The molecule has 0 radical (unpaired) electrons. The molecule has 4 saturated carbocycles. The van der Waals surface area contributed by atoms with Crippen molar-refractivity contribution in [1.82, 2.24) is 9.80 Å². The van der Waals surface area contributed by atoms with Crippen LogP contribution in [-0.2, 0) is 19.2 Å². The Morgan fingerprint density at radius 2 is 1.03 bits per heavy atom. The monoisotopic (exact) mass is 414 g/mol. The topological polar surface area (TPSA) is 74.8 Å². The molecule has 5 rings (SSSR count). The lowest BCUT2D eigenvalue weighted by atomic mass is 9.67. The maximum Gasteiger partial charge on any atom is 0.236 e. The van der Waals surface area contributed by atoms with Gasteiger partial charge in [-0.1, -0.05) is 27.7 Å². The van der Waals surface area contributed by atoms with Gasteiger partial charge in [0.2, 0.25) is 11.8 Å². The summed E-state index contributed by atoms with van der Waals surface area (Å²) in [6.45, 7) is 10.1. The first-order valence-corrected chi connectivity index (χ1v) is 11.7. The number of piperazine rings is 1. The lowest BCUT2D eigenvalue weighted by Crippen LogP contribution is -2.60. The molecule has 164 valence electrons. The number of hydrogen-bond acceptors (Lipinski definition) is 4. The molecule has 5 aliphatic rings. The largest absolute Gasteiger partial charge is 0.338 e. The van der Waals surface area contributed by atoms with Crippen molar-refractivity contribution >= 4 is 23.4 Å². The van der Waals surface area contributed by atoms with E-state index in [9.17, 15) is 19.2 Å². The second-order valence-electron chi connectivity index (χ2n) is 11.6. The maximum absolute atomic E-state index is 13.6. The molecule has 6 heteroatoms. The number of ketones is 2. The van der Waals surface area contributed by atoms with Crippen molar-refractivity contribution in [3.63, 3.8) is 0 Å². The Bertz CT molecular complexity index is 783. The number of rotatable bonds is 2. The molecule has 0 aromatic carbocycles. The lowest BCUT2D eigenvalue weighted by Gasteiger charge is -2.45. The Morgan fingerprint density at radius 3 is 1.27 bits per heavy atom. The van der Waals surface area contributed by atoms with Crippen LogP contribution < -0.4 is 0 Å². The highest BCUT2D eigenvalue weighted by atomic mass is 16.2. The van der Waals surface area contributed by atoms with Crippen LogP contribution in [0.25, 0.3) is 0 Å². The van der Waals surface area contributed by atoms with Crippen molar-refractivity contribution in [3.05, 3.63) is 0 Å². The Balaban J connectivity index is 1.32. The highest BCUT2D eigenvalue weighted by Crippen LogP contribution is 2.65. The van der Waals surface area contributed by atoms with E-state index >= 15 is 0 Å². The zero-order valence-corrected chi connectivity index (χ0v) is 18.8. The average molecular weight is 415 g/mol. The summed E-state index contributed by atoms with van der Waals surface area (Å²) in [5, 5.41) is 0. The van der Waals surface area contributed by atoms with Gasteiger partial charge in [-0.05, 0) is 48.3 Å². The van der Waals surface area contributed by atoms with Crippen molar-refractivity contribution in [2.45, 2.75) is 66.2 Å². The maximum atomic E-state index is 13.6. The molecular formula is C24H34N2O4. The van der Waals surface area contributed by atoms with Gasteiger partial charge in [0.25, 0.3) is 0 Å². The molecule has 1 saturated heterocycles. The first-order chi connectivity index (χ1) is 14.0. The summed E-state index contributed by atoms with van der Waals surface area (Å²) in [6, 6.07) is 0. The molecular weight excluding hydrogens is 380 g/mol. The van der Waals surface area contributed by atoms with Crippen molar-refractivity contribution in [2.75, 3.05) is 26.2 Å². The van der Waals surface area contributed by atoms with Crippen molar-refractivity contribution in [1.29, 1.82) is 0 Å². The molecule has 1 heterocycles. The van der Waals surface area contributed by atoms with Crippen LogP contribution in [0.2, 0.25) is 0 Å². The summed E-state index contributed by atoms with van der Waals surface area (Å²) < 4.78 is 0. The Morgan fingerprint density at radius 1 is 0.700 bits per heavy atom. The van der Waals surface area contributed by atoms with E-state index in [0.717, 1.165) is 12.8 Å². The van der Waals surface area contributed by atoms with E-state index in [1.54, 1.807) is 0 Å². The fourth-order valence-corrected chi connectivity index (χ4v) is 8.01. The molecule has 4 atom stereocenters. The van der Waals surface area contributed by atoms with Crippen LogP contribution in [0.15, 0.2) is 0 Å². The van der Waals surface area contributed by atoms with Crippen LogP contribution in [0.5, 0.6) is 0 Å². The van der Waals surface area contributed by atoms with Gasteiger partial charge in [0, 0.05) is 39.0 Å². The van der Waals surface area contributed by atoms with E-state index in [1.165, 1.54) is 0 Å². The number of carbonyl (C=O) groups excluding carboxylic acids is 4. The molecule has 0 aromatic rings. The van der Waals surface area contributed by atoms with Gasteiger partial charge in [-0.2, -0.15) is 0 Å². The molecule has 0 N–H and O–H groups in total. The lowest BCUT2D eigenvalue weighted by molar-refractivity contribution is -0.161. The van der Waals surface area contributed by atoms with E-state index in [-0.39, 0.29) is 34.2 Å². The second kappa shape index (κ2) is 5.95. The predicted octanol–water partition coefficient (Wildman–Crippen LogP) is 2.45. The normalized spacial score (nSPS) is 41.1. The zero-order valence-electron chi connectivity index (χ0n) is 18.8. The highest BCUT2D eigenvalue weighted by molar-refractivity contribution is 6.10. The van der Waals surface area contributed by atoms with Gasteiger partial charge in [0.15, 0.2) is 0 Å². The summed E-state index contributed by atoms with van der Waals surface area (Å²) in [6.07, 6.45) is 4.27. The molecule has 0 unspecified atom stereocenters. The Kier molecular flexibility index (Phi) is 4.00. The van der Waals surface area contributed by atoms with Gasteiger partial charge in [-0.15, -0.1) is 0 Å². The van der Waals surface area contributed by atoms with Crippen LogP contribution in [0.4, 0.5) is 0 Å². The van der Waals surface area contributed by atoms with Gasteiger partial charge in [0.1, 0.15) is 22.4 Å². The number of amides is 2. The Labute approximate surface area is 178 Å². The Hall–Kier alpha value is -1.72. The molecule has 0 spiro atoms. The quantitative estimate of drug-likeness (QED) is 0.651. The third-order valence-corrected chi connectivity index (χ3v) is 10.4. The van der Waals surface area contributed by atoms with E-state index in [2.05, 4.69) is 27.7 Å². The predicted molar refractivity (Wildman–Crippen MR) is 110 cm³/mol. The molecule has 6 nitrogen and oxygen atoms in total. The van der Waals surface area contributed by atoms with E-state index in [0.29, 0.717) is 63.7 Å². The molecule has 2 amide bonds. The number of hydrogen-bond donors (Lipinski definition) is 0. The third-order valence-electron chi connectivity index (χ3n) is 10.4. The third kappa shape index (κ3) is 2.06.